The van der Waals surface area contributed by atoms with E-state index in [-0.39, 0.29) is 0 Å². The zero-order valence-electron chi connectivity index (χ0n) is 18.3. The van der Waals surface area contributed by atoms with Crippen LogP contribution in [0.4, 0.5) is 5.69 Å². The fourth-order valence-electron chi connectivity index (χ4n) is 4.11. The number of halogens is 2. The molecule has 168 valence electrons. The van der Waals surface area contributed by atoms with Crippen LogP contribution in [0.15, 0.2) is 103 Å². The standard InChI is InChI=1S/C28H21Cl2N3S/c29-22-14-10-20(11-15-22)18-32-25-8-4-5-9-26(25)33(19-21-12-16-23(30)17-13-21)28(32)27(34)31-24-6-2-1-3-7-24/h1-17H,18-19H2/p+1. The highest BCUT2D eigenvalue weighted by Crippen LogP contribution is 2.21. The Morgan fingerprint density at radius 2 is 1.32 bits per heavy atom. The number of thiocarbonyl (C=S) groups is 1. The molecule has 0 atom stereocenters. The molecule has 0 spiro atoms. The maximum Gasteiger partial charge on any atom is 0.318 e. The molecule has 0 saturated heterocycles. The topological polar surface area (TPSA) is 20.8 Å². The first kappa shape index (κ1) is 22.6. The second-order valence-corrected chi connectivity index (χ2v) is 9.34. The summed E-state index contributed by atoms with van der Waals surface area (Å²) < 4.78 is 4.54. The van der Waals surface area contributed by atoms with Crippen LogP contribution in [0.5, 0.6) is 0 Å². The maximum absolute atomic E-state index is 6.14. The quantitative estimate of drug-likeness (QED) is 0.197. The predicted octanol–water partition coefficient (Wildman–Crippen LogP) is 7.12. The first-order valence-electron chi connectivity index (χ1n) is 10.9. The lowest BCUT2D eigenvalue weighted by molar-refractivity contribution is -0.664. The zero-order chi connectivity index (χ0) is 23.5. The lowest BCUT2D eigenvalue weighted by Crippen LogP contribution is -2.42. The number of hydrogen-bond donors (Lipinski definition) is 1. The number of imidazole rings is 1. The summed E-state index contributed by atoms with van der Waals surface area (Å²) in [6.45, 7) is 1.33. The number of anilines is 1. The van der Waals surface area contributed by atoms with Crippen molar-refractivity contribution >= 4 is 57.1 Å². The fourth-order valence-corrected chi connectivity index (χ4v) is 4.70. The van der Waals surface area contributed by atoms with Crippen LogP contribution in [-0.4, -0.2) is 9.56 Å². The smallest absolute Gasteiger partial charge is 0.318 e. The Morgan fingerprint density at radius 1 is 0.735 bits per heavy atom. The molecule has 5 rings (SSSR count). The van der Waals surface area contributed by atoms with Crippen molar-refractivity contribution in [1.82, 2.24) is 4.57 Å². The van der Waals surface area contributed by atoms with Crippen LogP contribution in [-0.2, 0) is 13.1 Å². The summed E-state index contributed by atoms with van der Waals surface area (Å²) in [6, 6.07) is 34.3. The Kier molecular flexibility index (Phi) is 6.63. The van der Waals surface area contributed by atoms with Gasteiger partial charge in [-0.2, -0.15) is 0 Å². The van der Waals surface area contributed by atoms with E-state index in [1.54, 1.807) is 0 Å². The van der Waals surface area contributed by atoms with Crippen LogP contribution in [0.25, 0.3) is 11.0 Å². The van der Waals surface area contributed by atoms with E-state index in [9.17, 15) is 0 Å². The minimum Gasteiger partial charge on any atom is -0.340 e. The van der Waals surface area contributed by atoms with E-state index in [1.807, 2.05) is 54.6 Å². The largest absolute Gasteiger partial charge is 0.340 e. The van der Waals surface area contributed by atoms with Gasteiger partial charge < -0.3 is 5.32 Å². The molecule has 4 aromatic carbocycles. The van der Waals surface area contributed by atoms with Gasteiger partial charge in [0.1, 0.15) is 13.1 Å². The van der Waals surface area contributed by atoms with Crippen LogP contribution in [0.3, 0.4) is 0 Å². The molecule has 3 nitrogen and oxygen atoms in total. The van der Waals surface area contributed by atoms with E-state index in [2.05, 4.69) is 63.0 Å². The van der Waals surface area contributed by atoms with Crippen molar-refractivity contribution in [2.45, 2.75) is 13.1 Å². The van der Waals surface area contributed by atoms with Crippen molar-refractivity contribution in [1.29, 1.82) is 0 Å². The van der Waals surface area contributed by atoms with E-state index >= 15 is 0 Å². The Hall–Kier alpha value is -3.18. The number of benzene rings is 4. The van der Waals surface area contributed by atoms with Crippen molar-refractivity contribution in [3.63, 3.8) is 0 Å². The number of hydrogen-bond acceptors (Lipinski definition) is 1. The molecule has 0 radical (unpaired) electrons. The van der Waals surface area contributed by atoms with Gasteiger partial charge in [0.05, 0.1) is 0 Å². The molecule has 0 amide bonds. The van der Waals surface area contributed by atoms with Crippen LogP contribution >= 0.6 is 35.4 Å². The molecular formula is C28H22Cl2N3S+. The molecule has 0 aliphatic heterocycles. The Morgan fingerprint density at radius 3 is 2.00 bits per heavy atom. The van der Waals surface area contributed by atoms with Gasteiger partial charge in [-0.05, 0) is 59.7 Å². The molecule has 0 aliphatic carbocycles. The van der Waals surface area contributed by atoms with E-state index in [0.29, 0.717) is 18.1 Å². The summed E-state index contributed by atoms with van der Waals surface area (Å²) in [6.07, 6.45) is 0. The SMILES string of the molecule is S=C(Nc1ccccc1)c1n(Cc2ccc(Cl)cc2)c2ccccc2[n+]1Cc1ccc(Cl)cc1. The molecule has 34 heavy (non-hydrogen) atoms. The summed E-state index contributed by atoms with van der Waals surface area (Å²) in [5.41, 5.74) is 5.46. The summed E-state index contributed by atoms with van der Waals surface area (Å²) in [5.74, 6) is 0.935. The average molecular weight is 503 g/mol. The minimum absolute atomic E-state index is 0.658. The molecule has 1 N–H and O–H groups in total. The number of para-hydroxylation sites is 3. The third-order valence-electron chi connectivity index (χ3n) is 5.72. The molecule has 5 aromatic rings. The molecule has 1 aromatic heterocycles. The van der Waals surface area contributed by atoms with Gasteiger partial charge in [-0.1, -0.05) is 90.0 Å². The fraction of sp³-hybridized carbons (Fsp3) is 0.0714. The number of aromatic nitrogens is 2. The van der Waals surface area contributed by atoms with E-state index in [1.165, 1.54) is 0 Å². The van der Waals surface area contributed by atoms with Gasteiger partial charge >= 0.3 is 5.82 Å². The summed E-state index contributed by atoms with van der Waals surface area (Å²) in [4.78, 5) is 0.658. The molecule has 0 unspecified atom stereocenters. The van der Waals surface area contributed by atoms with Gasteiger partial charge in [0.15, 0.2) is 16.0 Å². The third-order valence-corrected chi connectivity index (χ3v) is 6.51. The molecule has 0 aliphatic rings. The Bertz CT molecular complexity index is 1360. The highest BCUT2D eigenvalue weighted by Gasteiger charge is 2.28. The molecular weight excluding hydrogens is 481 g/mol. The van der Waals surface area contributed by atoms with Gasteiger partial charge in [-0.15, -0.1) is 0 Å². The molecule has 0 bridgehead atoms. The Balaban J connectivity index is 1.66. The average Bonchev–Trinajstić information content (AvgIpc) is 3.16. The van der Waals surface area contributed by atoms with Crippen LogP contribution in [0, 0.1) is 0 Å². The first-order valence-corrected chi connectivity index (χ1v) is 12.1. The van der Waals surface area contributed by atoms with Crippen molar-refractivity contribution < 1.29 is 4.57 Å². The monoisotopic (exact) mass is 502 g/mol. The van der Waals surface area contributed by atoms with Crippen molar-refractivity contribution in [3.05, 3.63) is 130 Å². The lowest BCUT2D eigenvalue weighted by atomic mass is 10.2. The zero-order valence-corrected chi connectivity index (χ0v) is 20.6. The third kappa shape index (κ3) is 4.85. The minimum atomic E-state index is 0.658. The summed E-state index contributed by atoms with van der Waals surface area (Å²) in [5, 5.41) is 4.88. The molecule has 0 saturated carbocycles. The second kappa shape index (κ2) is 9.98. The summed E-state index contributed by atoms with van der Waals surface area (Å²) in [7, 11) is 0. The van der Waals surface area contributed by atoms with Gasteiger partial charge in [-0.25, -0.2) is 9.13 Å². The second-order valence-electron chi connectivity index (χ2n) is 8.06. The van der Waals surface area contributed by atoms with Gasteiger partial charge in [0, 0.05) is 15.7 Å². The maximum atomic E-state index is 6.14. The molecule has 1 heterocycles. The summed E-state index contributed by atoms with van der Waals surface area (Å²) >= 11 is 18.3. The predicted molar refractivity (Wildman–Crippen MR) is 145 cm³/mol. The van der Waals surface area contributed by atoms with Crippen molar-refractivity contribution in [3.8, 4) is 0 Å². The molecule has 6 heteroatoms. The number of nitrogens with zero attached hydrogens (tertiary/aromatic N) is 2. The number of nitrogens with one attached hydrogen (secondary N) is 1. The number of fused-ring (bicyclic) bond motifs is 1. The normalized spacial score (nSPS) is 11.0. The lowest BCUT2D eigenvalue weighted by Gasteiger charge is -2.10. The van der Waals surface area contributed by atoms with E-state index in [4.69, 9.17) is 35.4 Å². The van der Waals surface area contributed by atoms with Gasteiger partial charge in [0.2, 0.25) is 0 Å². The number of rotatable bonds is 6. The highest BCUT2D eigenvalue weighted by atomic mass is 35.5. The Labute approximate surface area is 214 Å². The van der Waals surface area contributed by atoms with Gasteiger partial charge in [-0.3, -0.25) is 0 Å². The van der Waals surface area contributed by atoms with Crippen LogP contribution < -0.4 is 9.88 Å². The van der Waals surface area contributed by atoms with Crippen molar-refractivity contribution in [2.75, 3.05) is 5.32 Å². The van der Waals surface area contributed by atoms with E-state index < -0.39 is 0 Å². The van der Waals surface area contributed by atoms with Crippen molar-refractivity contribution in [2.24, 2.45) is 0 Å². The first-order chi connectivity index (χ1) is 16.6. The van der Waals surface area contributed by atoms with Gasteiger partial charge in [0.25, 0.3) is 0 Å². The highest BCUT2D eigenvalue weighted by molar-refractivity contribution is 7.81. The molecule has 0 fully saturated rings. The van der Waals surface area contributed by atoms with E-state index in [0.717, 1.165) is 43.7 Å². The van der Waals surface area contributed by atoms with Crippen LogP contribution in [0.1, 0.15) is 17.0 Å². The van der Waals surface area contributed by atoms with Crippen LogP contribution in [0.2, 0.25) is 10.0 Å².